The van der Waals surface area contributed by atoms with E-state index in [0.717, 1.165) is 0 Å². The smallest absolute Gasteiger partial charge is 0.250 e. The summed E-state index contributed by atoms with van der Waals surface area (Å²) in [4.78, 5) is 11.6. The van der Waals surface area contributed by atoms with Gasteiger partial charge in [0.25, 0.3) is 5.56 Å². The Morgan fingerprint density at radius 2 is 1.94 bits per heavy atom. The van der Waals surface area contributed by atoms with Crippen LogP contribution in [-0.2, 0) is 6.54 Å². The van der Waals surface area contributed by atoms with Crippen molar-refractivity contribution in [2.24, 2.45) is 0 Å². The number of ether oxygens (including phenoxy) is 1. The number of hydrogen-bond donors (Lipinski definition) is 1. The van der Waals surface area contributed by atoms with Gasteiger partial charge in [0.15, 0.2) is 0 Å². The monoisotopic (exact) mass is 245 g/mol. The van der Waals surface area contributed by atoms with Crippen LogP contribution in [-0.4, -0.2) is 16.8 Å². The minimum Gasteiger partial charge on any atom is -0.496 e. The first-order valence-electron chi connectivity index (χ1n) is 5.69. The number of pyridine rings is 1. The third-order valence-electron chi connectivity index (χ3n) is 2.77. The highest BCUT2D eigenvalue weighted by Gasteiger charge is 2.13. The number of benzene rings is 1. The van der Waals surface area contributed by atoms with Crippen LogP contribution in [0.3, 0.4) is 0 Å². The predicted octanol–water partition coefficient (Wildman–Crippen LogP) is 1.59. The average Bonchev–Trinajstić information content (AvgIpc) is 2.41. The van der Waals surface area contributed by atoms with Crippen LogP contribution in [0.5, 0.6) is 5.75 Å². The van der Waals surface area contributed by atoms with Gasteiger partial charge in [-0.3, -0.25) is 4.79 Å². The Morgan fingerprint density at radius 3 is 2.67 bits per heavy atom. The van der Waals surface area contributed by atoms with Crippen molar-refractivity contribution >= 4 is 0 Å². The molecule has 4 nitrogen and oxygen atoms in total. The zero-order chi connectivity index (χ0) is 13.0. The minimum atomic E-state index is -0.777. The maximum absolute atomic E-state index is 11.6. The number of aliphatic hydroxyl groups is 1. The number of aromatic nitrogens is 1. The summed E-state index contributed by atoms with van der Waals surface area (Å²) in [5, 5.41) is 10.2. The molecule has 0 saturated carbocycles. The molecule has 0 spiro atoms. The molecule has 2 aromatic rings. The number of nitrogens with zero attached hydrogens (tertiary/aromatic N) is 1. The quantitative estimate of drug-likeness (QED) is 0.890. The van der Waals surface area contributed by atoms with Crippen molar-refractivity contribution in [3.63, 3.8) is 0 Å². The first kappa shape index (κ1) is 12.4. The third-order valence-corrected chi connectivity index (χ3v) is 2.77. The molecule has 1 heterocycles. The van der Waals surface area contributed by atoms with Crippen LogP contribution < -0.4 is 10.3 Å². The van der Waals surface area contributed by atoms with Gasteiger partial charge < -0.3 is 14.4 Å². The van der Waals surface area contributed by atoms with Crippen LogP contribution >= 0.6 is 0 Å². The number of rotatable bonds is 4. The lowest BCUT2D eigenvalue weighted by Crippen LogP contribution is -2.21. The van der Waals surface area contributed by atoms with E-state index in [4.69, 9.17) is 4.74 Å². The molecule has 0 aliphatic rings. The number of hydrogen-bond acceptors (Lipinski definition) is 3. The van der Waals surface area contributed by atoms with E-state index in [2.05, 4.69) is 0 Å². The summed E-state index contributed by atoms with van der Waals surface area (Å²) in [6.45, 7) is 0.208. The molecule has 0 aliphatic carbocycles. The summed E-state index contributed by atoms with van der Waals surface area (Å²) >= 11 is 0. The minimum absolute atomic E-state index is 0.133. The highest BCUT2D eigenvalue weighted by Crippen LogP contribution is 2.25. The van der Waals surface area contributed by atoms with E-state index in [-0.39, 0.29) is 12.1 Å². The molecule has 1 unspecified atom stereocenters. The lowest BCUT2D eigenvalue weighted by atomic mass is 10.1. The molecule has 0 aliphatic heterocycles. The first-order chi connectivity index (χ1) is 8.72. The van der Waals surface area contributed by atoms with E-state index in [1.807, 2.05) is 12.1 Å². The van der Waals surface area contributed by atoms with Crippen molar-refractivity contribution in [1.29, 1.82) is 0 Å². The van der Waals surface area contributed by atoms with Gasteiger partial charge in [-0.1, -0.05) is 24.3 Å². The van der Waals surface area contributed by atoms with E-state index in [1.165, 1.54) is 10.6 Å². The molecule has 4 heteroatoms. The molecular weight excluding hydrogens is 230 g/mol. The van der Waals surface area contributed by atoms with Crippen molar-refractivity contribution < 1.29 is 9.84 Å². The molecule has 0 radical (unpaired) electrons. The topological polar surface area (TPSA) is 51.5 Å². The molecule has 0 fully saturated rings. The van der Waals surface area contributed by atoms with Gasteiger partial charge in [-0.2, -0.15) is 0 Å². The second kappa shape index (κ2) is 5.51. The summed E-state index contributed by atoms with van der Waals surface area (Å²) in [5.41, 5.74) is 0.544. The molecule has 1 N–H and O–H groups in total. The van der Waals surface area contributed by atoms with Crippen molar-refractivity contribution in [1.82, 2.24) is 4.57 Å². The zero-order valence-corrected chi connectivity index (χ0v) is 10.1. The SMILES string of the molecule is COc1ccccc1C(O)Cn1ccccc1=O. The maximum Gasteiger partial charge on any atom is 0.250 e. The Morgan fingerprint density at radius 1 is 1.22 bits per heavy atom. The summed E-state index contributed by atoms with van der Waals surface area (Å²) in [5.74, 6) is 0.619. The van der Waals surface area contributed by atoms with Crippen LogP contribution in [0.25, 0.3) is 0 Å². The average molecular weight is 245 g/mol. The van der Waals surface area contributed by atoms with Gasteiger partial charge in [-0.05, 0) is 12.1 Å². The Hall–Kier alpha value is -2.07. The van der Waals surface area contributed by atoms with Gasteiger partial charge in [0.05, 0.1) is 13.7 Å². The summed E-state index contributed by atoms with van der Waals surface area (Å²) < 4.78 is 6.66. The fraction of sp³-hybridized carbons (Fsp3) is 0.214. The Bertz CT molecular complexity index is 577. The molecule has 18 heavy (non-hydrogen) atoms. The van der Waals surface area contributed by atoms with Gasteiger partial charge in [-0.25, -0.2) is 0 Å². The number of aliphatic hydroxyl groups excluding tert-OH is 1. The largest absolute Gasteiger partial charge is 0.496 e. The van der Waals surface area contributed by atoms with Gasteiger partial charge >= 0.3 is 0 Å². The molecule has 1 aromatic heterocycles. The molecule has 0 bridgehead atoms. The first-order valence-corrected chi connectivity index (χ1v) is 5.69. The molecule has 1 aromatic carbocycles. The van der Waals surface area contributed by atoms with Crippen LogP contribution in [0.2, 0.25) is 0 Å². The predicted molar refractivity (Wildman–Crippen MR) is 68.7 cm³/mol. The van der Waals surface area contributed by atoms with Gasteiger partial charge in [0, 0.05) is 17.8 Å². The van der Waals surface area contributed by atoms with Gasteiger partial charge in [0.1, 0.15) is 11.9 Å². The van der Waals surface area contributed by atoms with Crippen molar-refractivity contribution in [3.05, 3.63) is 64.6 Å². The fourth-order valence-electron chi connectivity index (χ4n) is 1.84. The summed E-state index contributed by atoms with van der Waals surface area (Å²) in [6.07, 6.45) is 0.877. The number of methoxy groups -OCH3 is 1. The maximum atomic E-state index is 11.6. The van der Waals surface area contributed by atoms with E-state index in [0.29, 0.717) is 11.3 Å². The van der Waals surface area contributed by atoms with E-state index < -0.39 is 6.10 Å². The molecule has 1 atom stereocenters. The van der Waals surface area contributed by atoms with Crippen LogP contribution in [0.15, 0.2) is 53.5 Å². The second-order valence-electron chi connectivity index (χ2n) is 3.95. The summed E-state index contributed by atoms with van der Waals surface area (Å²) in [7, 11) is 1.56. The van der Waals surface area contributed by atoms with Crippen molar-refractivity contribution in [3.8, 4) is 5.75 Å². The Labute approximate surface area is 105 Å². The van der Waals surface area contributed by atoms with Crippen LogP contribution in [0.4, 0.5) is 0 Å². The lowest BCUT2D eigenvalue weighted by molar-refractivity contribution is 0.151. The molecular formula is C14H15NO3. The Balaban J connectivity index is 2.25. The zero-order valence-electron chi connectivity index (χ0n) is 10.1. The van der Waals surface area contributed by atoms with E-state index >= 15 is 0 Å². The third kappa shape index (κ3) is 2.60. The normalized spacial score (nSPS) is 12.1. The van der Waals surface area contributed by atoms with Crippen molar-refractivity contribution in [2.45, 2.75) is 12.6 Å². The van der Waals surface area contributed by atoms with Gasteiger partial charge in [0.2, 0.25) is 0 Å². The highest BCUT2D eigenvalue weighted by molar-refractivity contribution is 5.34. The molecule has 0 amide bonds. The van der Waals surface area contributed by atoms with E-state index in [1.54, 1.807) is 37.6 Å². The van der Waals surface area contributed by atoms with Crippen LogP contribution in [0.1, 0.15) is 11.7 Å². The summed E-state index contributed by atoms with van der Waals surface area (Å²) in [6, 6.07) is 12.1. The Kier molecular flexibility index (Phi) is 3.79. The number of para-hydroxylation sites is 1. The van der Waals surface area contributed by atoms with E-state index in [9.17, 15) is 9.90 Å². The molecule has 2 rings (SSSR count). The van der Waals surface area contributed by atoms with Crippen LogP contribution in [0, 0.1) is 0 Å². The molecule has 0 saturated heterocycles. The highest BCUT2D eigenvalue weighted by atomic mass is 16.5. The standard InChI is InChI=1S/C14H15NO3/c1-18-13-7-3-2-6-11(13)12(16)10-15-9-5-4-8-14(15)17/h2-9,12,16H,10H2,1H3. The molecule has 94 valence electrons. The second-order valence-corrected chi connectivity index (χ2v) is 3.95. The van der Waals surface area contributed by atoms with Gasteiger partial charge in [-0.15, -0.1) is 0 Å². The van der Waals surface area contributed by atoms with Crippen molar-refractivity contribution in [2.75, 3.05) is 7.11 Å². The lowest BCUT2D eigenvalue weighted by Gasteiger charge is -2.15. The fourth-order valence-corrected chi connectivity index (χ4v) is 1.84.